The van der Waals surface area contributed by atoms with Crippen molar-refractivity contribution in [2.45, 2.75) is 24.5 Å². The Labute approximate surface area is 94.3 Å². The Balaban J connectivity index is 1.73. The second kappa shape index (κ2) is 4.14. The van der Waals surface area contributed by atoms with Crippen molar-refractivity contribution in [3.8, 4) is 0 Å². The lowest BCUT2D eigenvalue weighted by Crippen LogP contribution is -2.49. The zero-order chi connectivity index (χ0) is 11.0. The monoisotopic (exact) mass is 221 g/mol. The third-order valence-corrected chi connectivity index (χ3v) is 2.94. The summed E-state index contributed by atoms with van der Waals surface area (Å²) in [5, 5.41) is 0. The number of benzene rings is 1. The molecule has 0 unspecified atom stereocenters. The van der Waals surface area contributed by atoms with Gasteiger partial charge in [0.1, 0.15) is 12.2 Å². The van der Waals surface area contributed by atoms with Gasteiger partial charge in [-0.05, 0) is 0 Å². The molecule has 4 heteroatoms. The van der Waals surface area contributed by atoms with Crippen molar-refractivity contribution in [2.75, 3.05) is 13.2 Å². The summed E-state index contributed by atoms with van der Waals surface area (Å²) >= 11 is 0. The van der Waals surface area contributed by atoms with Gasteiger partial charge in [0.15, 0.2) is 6.29 Å². The van der Waals surface area contributed by atoms with Crippen molar-refractivity contribution in [3.05, 3.63) is 35.9 Å². The quantitative estimate of drug-likeness (QED) is 0.751. The molecule has 3 rings (SSSR count). The highest BCUT2D eigenvalue weighted by molar-refractivity contribution is 5.16. The van der Waals surface area contributed by atoms with E-state index in [1.54, 1.807) is 0 Å². The number of hydrogen-bond donors (Lipinski definition) is 1. The van der Waals surface area contributed by atoms with Gasteiger partial charge < -0.3 is 19.9 Å². The van der Waals surface area contributed by atoms with Crippen molar-refractivity contribution in [3.63, 3.8) is 0 Å². The van der Waals surface area contributed by atoms with E-state index in [9.17, 15) is 0 Å². The minimum Gasteiger partial charge on any atom is -0.370 e. The van der Waals surface area contributed by atoms with E-state index in [4.69, 9.17) is 19.9 Å². The molecule has 0 bridgehead atoms. The fourth-order valence-electron chi connectivity index (χ4n) is 1.97. The fourth-order valence-corrected chi connectivity index (χ4v) is 1.97. The molecule has 0 aromatic heterocycles. The first-order chi connectivity index (χ1) is 7.84. The largest absolute Gasteiger partial charge is 0.370 e. The summed E-state index contributed by atoms with van der Waals surface area (Å²) in [6.07, 6.45) is -0.195. The third kappa shape index (κ3) is 1.97. The summed E-state index contributed by atoms with van der Waals surface area (Å²) in [6.45, 7) is 1.27. The average molecular weight is 221 g/mol. The molecule has 2 aliphatic heterocycles. The van der Waals surface area contributed by atoms with Crippen molar-refractivity contribution >= 4 is 0 Å². The smallest absolute Gasteiger partial charge is 0.184 e. The molecular formula is C12H15NO3. The van der Waals surface area contributed by atoms with Crippen LogP contribution in [0.4, 0.5) is 0 Å². The minimum absolute atomic E-state index is 0.0426. The van der Waals surface area contributed by atoms with Gasteiger partial charge in [-0.1, -0.05) is 30.3 Å². The molecule has 0 aliphatic carbocycles. The van der Waals surface area contributed by atoms with Gasteiger partial charge in [-0.25, -0.2) is 0 Å². The van der Waals surface area contributed by atoms with Crippen LogP contribution >= 0.6 is 0 Å². The Morgan fingerprint density at radius 2 is 1.81 bits per heavy atom. The maximum absolute atomic E-state index is 5.93. The predicted octanol–water partition coefficient (Wildman–Crippen LogP) is 0.827. The van der Waals surface area contributed by atoms with Crippen molar-refractivity contribution in [2.24, 2.45) is 5.73 Å². The second-order valence-corrected chi connectivity index (χ2v) is 4.21. The number of nitrogens with two attached hydrogens (primary N) is 1. The summed E-state index contributed by atoms with van der Waals surface area (Å²) in [7, 11) is 0. The molecule has 16 heavy (non-hydrogen) atoms. The van der Waals surface area contributed by atoms with E-state index in [0.29, 0.717) is 6.61 Å². The van der Waals surface area contributed by atoms with Crippen LogP contribution < -0.4 is 5.73 Å². The van der Waals surface area contributed by atoms with Crippen LogP contribution in [-0.4, -0.2) is 31.5 Å². The molecule has 2 aliphatic rings. The molecular weight excluding hydrogens is 206 g/mol. The molecule has 2 fully saturated rings. The lowest BCUT2D eigenvalue weighted by Gasteiger charge is -2.34. The Hall–Kier alpha value is -0.940. The van der Waals surface area contributed by atoms with Crippen LogP contribution in [0.2, 0.25) is 0 Å². The van der Waals surface area contributed by atoms with Gasteiger partial charge in [0.25, 0.3) is 0 Å². The summed E-state index contributed by atoms with van der Waals surface area (Å²) in [6, 6.07) is 9.81. The fraction of sp³-hybridized carbons (Fsp3) is 0.500. The molecule has 1 aromatic carbocycles. The first kappa shape index (κ1) is 10.2. The number of epoxide rings is 1. The van der Waals surface area contributed by atoms with Gasteiger partial charge >= 0.3 is 0 Å². The van der Waals surface area contributed by atoms with Crippen molar-refractivity contribution < 1.29 is 14.2 Å². The molecule has 4 atom stereocenters. The van der Waals surface area contributed by atoms with Crippen LogP contribution in [0.1, 0.15) is 11.9 Å². The standard InChI is InChI=1S/C12H15NO3/c13-9-6-15-12(8-4-2-1-3-5-8)16-11(9)10-7-14-10/h1-5,9-12H,6-7,13H2/t9-,10-,11-,12-/m0/s1. The first-order valence-corrected chi connectivity index (χ1v) is 5.54. The van der Waals surface area contributed by atoms with Crippen LogP contribution in [0.5, 0.6) is 0 Å². The highest BCUT2D eigenvalue weighted by atomic mass is 16.7. The van der Waals surface area contributed by atoms with Crippen molar-refractivity contribution in [1.82, 2.24) is 0 Å². The Kier molecular flexibility index (Phi) is 2.65. The summed E-state index contributed by atoms with van der Waals surface area (Å²) in [5.74, 6) is 0. The summed E-state index contributed by atoms with van der Waals surface area (Å²) in [4.78, 5) is 0. The van der Waals surface area contributed by atoms with Crippen LogP contribution in [0, 0.1) is 0 Å². The summed E-state index contributed by atoms with van der Waals surface area (Å²) < 4.78 is 16.7. The topological polar surface area (TPSA) is 57.0 Å². The molecule has 4 nitrogen and oxygen atoms in total. The number of hydrogen-bond acceptors (Lipinski definition) is 4. The van der Waals surface area contributed by atoms with Gasteiger partial charge in [0.05, 0.1) is 19.3 Å². The molecule has 2 N–H and O–H groups in total. The lowest BCUT2D eigenvalue weighted by atomic mass is 10.1. The molecule has 2 heterocycles. The number of ether oxygens (including phenoxy) is 3. The van der Waals surface area contributed by atoms with Gasteiger partial charge in [0.2, 0.25) is 0 Å². The van der Waals surface area contributed by atoms with E-state index in [-0.39, 0.29) is 24.5 Å². The van der Waals surface area contributed by atoms with Gasteiger partial charge in [-0.15, -0.1) is 0 Å². The highest BCUT2D eigenvalue weighted by Gasteiger charge is 2.42. The normalized spacial score (nSPS) is 38.3. The van der Waals surface area contributed by atoms with Crippen LogP contribution in [0.3, 0.4) is 0 Å². The Morgan fingerprint density at radius 3 is 2.50 bits per heavy atom. The van der Waals surface area contributed by atoms with E-state index in [1.165, 1.54) is 0 Å². The van der Waals surface area contributed by atoms with Gasteiger partial charge in [0, 0.05) is 5.56 Å². The molecule has 0 radical (unpaired) electrons. The second-order valence-electron chi connectivity index (χ2n) is 4.21. The molecule has 0 spiro atoms. The van der Waals surface area contributed by atoms with E-state index in [1.807, 2.05) is 30.3 Å². The minimum atomic E-state index is -0.310. The maximum Gasteiger partial charge on any atom is 0.184 e. The molecule has 86 valence electrons. The Morgan fingerprint density at radius 1 is 1.06 bits per heavy atom. The third-order valence-electron chi connectivity index (χ3n) is 2.94. The number of rotatable bonds is 2. The average Bonchev–Trinajstić information content (AvgIpc) is 3.15. The van der Waals surface area contributed by atoms with Gasteiger partial charge in [-0.3, -0.25) is 0 Å². The van der Waals surface area contributed by atoms with Crippen molar-refractivity contribution in [1.29, 1.82) is 0 Å². The van der Waals surface area contributed by atoms with Crippen LogP contribution in [-0.2, 0) is 14.2 Å². The molecule has 0 saturated carbocycles. The summed E-state index contributed by atoms with van der Waals surface area (Å²) in [5.41, 5.74) is 6.96. The maximum atomic E-state index is 5.93. The first-order valence-electron chi connectivity index (χ1n) is 5.54. The molecule has 2 saturated heterocycles. The van der Waals surface area contributed by atoms with E-state index >= 15 is 0 Å². The van der Waals surface area contributed by atoms with E-state index in [0.717, 1.165) is 12.2 Å². The lowest BCUT2D eigenvalue weighted by molar-refractivity contribution is -0.228. The van der Waals surface area contributed by atoms with Crippen LogP contribution in [0.15, 0.2) is 30.3 Å². The van der Waals surface area contributed by atoms with E-state index in [2.05, 4.69) is 0 Å². The highest BCUT2D eigenvalue weighted by Crippen LogP contribution is 2.31. The Bertz CT molecular complexity index is 353. The predicted molar refractivity (Wildman–Crippen MR) is 57.7 cm³/mol. The van der Waals surface area contributed by atoms with Crippen LogP contribution in [0.25, 0.3) is 0 Å². The SMILES string of the molecule is N[C@H]1CO[C@H](c2ccccc2)O[C@@H]1[C@@H]1CO1. The zero-order valence-electron chi connectivity index (χ0n) is 8.91. The zero-order valence-corrected chi connectivity index (χ0v) is 8.91. The molecule has 1 aromatic rings. The van der Waals surface area contributed by atoms with E-state index < -0.39 is 0 Å². The van der Waals surface area contributed by atoms with Gasteiger partial charge in [-0.2, -0.15) is 0 Å². The molecule has 0 amide bonds.